The van der Waals surface area contributed by atoms with Gasteiger partial charge < -0.3 is 4.57 Å². The molecule has 0 bridgehead atoms. The van der Waals surface area contributed by atoms with Gasteiger partial charge in [0.15, 0.2) is 0 Å². The molecule has 0 spiro atoms. The maximum absolute atomic E-state index is 12.8. The summed E-state index contributed by atoms with van der Waals surface area (Å²) >= 11 is 0. The molecule has 0 aliphatic heterocycles. The molecule has 0 aliphatic rings. The lowest BCUT2D eigenvalue weighted by Crippen LogP contribution is -2.13. The Morgan fingerprint density at radius 1 is 1.06 bits per heavy atom. The predicted molar refractivity (Wildman–Crippen MR) is 64.3 cm³/mol. The Bertz CT molecular complexity index is 500. The number of halogens is 3. The average Bonchev–Trinajstić information content (AvgIpc) is 2.81. The van der Waals surface area contributed by atoms with Gasteiger partial charge in [0.05, 0.1) is 5.56 Å². The Kier molecular flexibility index (Phi) is 3.45. The lowest BCUT2D eigenvalue weighted by molar-refractivity contribution is -0.138. The molecular weight excluding hydrogens is 239 g/mol. The minimum absolute atomic E-state index is 0.00324. The van der Waals surface area contributed by atoms with Gasteiger partial charge in [0, 0.05) is 18.4 Å². The number of aromatic nitrogens is 1. The van der Waals surface area contributed by atoms with Gasteiger partial charge in [-0.1, -0.05) is 18.2 Å². The lowest BCUT2D eigenvalue weighted by Gasteiger charge is -2.17. The van der Waals surface area contributed by atoms with E-state index >= 15 is 0 Å². The summed E-state index contributed by atoms with van der Waals surface area (Å²) in [6, 6.07) is 9.49. The second-order valence-electron chi connectivity index (χ2n) is 4.34. The van der Waals surface area contributed by atoms with Crippen LogP contribution in [0.1, 0.15) is 24.1 Å². The van der Waals surface area contributed by atoms with E-state index in [1.165, 1.54) is 6.07 Å². The summed E-state index contributed by atoms with van der Waals surface area (Å²) in [5, 5.41) is 0. The summed E-state index contributed by atoms with van der Waals surface area (Å²) in [5.41, 5.74) is -0.199. The van der Waals surface area contributed by atoms with E-state index in [2.05, 4.69) is 0 Å². The van der Waals surface area contributed by atoms with Crippen molar-refractivity contribution >= 4 is 0 Å². The Hall–Kier alpha value is -1.71. The summed E-state index contributed by atoms with van der Waals surface area (Å²) in [6.45, 7) is 1.91. The molecule has 1 nitrogen and oxygen atoms in total. The third-order valence-electron chi connectivity index (χ3n) is 2.97. The van der Waals surface area contributed by atoms with Gasteiger partial charge in [0.25, 0.3) is 0 Å². The number of benzene rings is 1. The first-order valence-electron chi connectivity index (χ1n) is 5.76. The molecule has 0 amide bonds. The Balaban J connectivity index is 2.24. The Morgan fingerprint density at radius 2 is 1.67 bits per heavy atom. The normalized spacial score (nSPS) is 13.6. The van der Waals surface area contributed by atoms with Crippen molar-refractivity contribution < 1.29 is 13.2 Å². The van der Waals surface area contributed by atoms with Gasteiger partial charge in [-0.3, -0.25) is 0 Å². The second-order valence-corrected chi connectivity index (χ2v) is 4.34. The first kappa shape index (κ1) is 12.7. The number of alkyl halides is 3. The molecule has 1 unspecified atom stereocenters. The van der Waals surface area contributed by atoms with Crippen LogP contribution in [0.3, 0.4) is 0 Å². The van der Waals surface area contributed by atoms with Crippen LogP contribution in [-0.4, -0.2) is 4.57 Å². The SMILES string of the molecule is CC(Cc1ccccc1C(F)(F)F)n1cccc1. The monoisotopic (exact) mass is 253 g/mol. The molecule has 18 heavy (non-hydrogen) atoms. The Morgan fingerprint density at radius 3 is 2.28 bits per heavy atom. The largest absolute Gasteiger partial charge is 0.416 e. The maximum Gasteiger partial charge on any atom is 0.416 e. The molecule has 0 saturated carbocycles. The molecule has 0 saturated heterocycles. The fraction of sp³-hybridized carbons (Fsp3) is 0.286. The third-order valence-corrected chi connectivity index (χ3v) is 2.97. The van der Waals surface area contributed by atoms with E-state index < -0.39 is 11.7 Å². The number of hydrogen-bond donors (Lipinski definition) is 0. The highest BCUT2D eigenvalue weighted by Gasteiger charge is 2.33. The van der Waals surface area contributed by atoms with E-state index in [1.54, 1.807) is 12.1 Å². The summed E-state index contributed by atoms with van der Waals surface area (Å²) in [4.78, 5) is 0. The van der Waals surface area contributed by atoms with Crippen LogP contribution in [-0.2, 0) is 12.6 Å². The van der Waals surface area contributed by atoms with E-state index in [4.69, 9.17) is 0 Å². The highest BCUT2D eigenvalue weighted by molar-refractivity contribution is 5.30. The molecule has 1 aromatic heterocycles. The zero-order valence-corrected chi connectivity index (χ0v) is 9.98. The first-order chi connectivity index (χ1) is 8.48. The summed E-state index contributed by atoms with van der Waals surface area (Å²) in [7, 11) is 0. The minimum Gasteiger partial charge on any atom is -0.351 e. The highest BCUT2D eigenvalue weighted by Crippen LogP contribution is 2.33. The van der Waals surface area contributed by atoms with Gasteiger partial charge in [-0.05, 0) is 37.1 Å². The number of hydrogen-bond acceptors (Lipinski definition) is 0. The molecule has 1 heterocycles. The summed E-state index contributed by atoms with van der Waals surface area (Å²) in [5.74, 6) is 0. The molecule has 0 fully saturated rings. The zero-order valence-electron chi connectivity index (χ0n) is 9.98. The van der Waals surface area contributed by atoms with Gasteiger partial charge in [-0.2, -0.15) is 13.2 Å². The van der Waals surface area contributed by atoms with Crippen molar-refractivity contribution in [1.29, 1.82) is 0 Å². The van der Waals surface area contributed by atoms with E-state index in [0.29, 0.717) is 12.0 Å². The van der Waals surface area contributed by atoms with Crippen LogP contribution >= 0.6 is 0 Å². The average molecular weight is 253 g/mol. The van der Waals surface area contributed by atoms with Crippen molar-refractivity contribution in [3.05, 3.63) is 59.9 Å². The van der Waals surface area contributed by atoms with Gasteiger partial charge in [-0.25, -0.2) is 0 Å². The minimum atomic E-state index is -4.28. The van der Waals surface area contributed by atoms with E-state index in [9.17, 15) is 13.2 Å². The van der Waals surface area contributed by atoms with Crippen LogP contribution in [0.2, 0.25) is 0 Å². The molecule has 4 heteroatoms. The first-order valence-corrected chi connectivity index (χ1v) is 5.76. The molecule has 2 aromatic rings. The molecule has 0 aliphatic carbocycles. The van der Waals surface area contributed by atoms with Crippen LogP contribution in [0.15, 0.2) is 48.8 Å². The van der Waals surface area contributed by atoms with Gasteiger partial charge in [0.1, 0.15) is 0 Å². The van der Waals surface area contributed by atoms with Crippen molar-refractivity contribution in [2.45, 2.75) is 25.6 Å². The fourth-order valence-corrected chi connectivity index (χ4v) is 2.04. The van der Waals surface area contributed by atoms with Crippen molar-refractivity contribution in [1.82, 2.24) is 4.57 Å². The van der Waals surface area contributed by atoms with Crippen LogP contribution in [0.25, 0.3) is 0 Å². The predicted octanol–water partition coefficient (Wildman–Crippen LogP) is 4.31. The van der Waals surface area contributed by atoms with Crippen LogP contribution in [0, 0.1) is 0 Å². The van der Waals surface area contributed by atoms with Gasteiger partial charge >= 0.3 is 6.18 Å². The molecular formula is C14H14F3N. The van der Waals surface area contributed by atoms with Crippen molar-refractivity contribution in [2.75, 3.05) is 0 Å². The standard InChI is InChI=1S/C14H14F3N/c1-11(18-8-4-5-9-18)10-12-6-2-3-7-13(12)14(15,16)17/h2-9,11H,10H2,1H3. The van der Waals surface area contributed by atoms with Crippen molar-refractivity contribution in [3.63, 3.8) is 0 Å². The maximum atomic E-state index is 12.8. The fourth-order valence-electron chi connectivity index (χ4n) is 2.04. The number of rotatable bonds is 3. The van der Waals surface area contributed by atoms with Gasteiger partial charge in [0.2, 0.25) is 0 Å². The topological polar surface area (TPSA) is 4.93 Å². The Labute approximate surface area is 104 Å². The zero-order chi connectivity index (χ0) is 13.2. The van der Waals surface area contributed by atoms with Gasteiger partial charge in [-0.15, -0.1) is 0 Å². The van der Waals surface area contributed by atoms with E-state index in [0.717, 1.165) is 6.07 Å². The van der Waals surface area contributed by atoms with E-state index in [1.807, 2.05) is 36.0 Å². The van der Waals surface area contributed by atoms with Crippen LogP contribution < -0.4 is 0 Å². The second kappa shape index (κ2) is 4.88. The van der Waals surface area contributed by atoms with Crippen LogP contribution in [0.5, 0.6) is 0 Å². The highest BCUT2D eigenvalue weighted by atomic mass is 19.4. The smallest absolute Gasteiger partial charge is 0.351 e. The summed E-state index contributed by atoms with van der Waals surface area (Å²) < 4.78 is 40.4. The van der Waals surface area contributed by atoms with Crippen molar-refractivity contribution in [2.24, 2.45) is 0 Å². The van der Waals surface area contributed by atoms with Crippen molar-refractivity contribution in [3.8, 4) is 0 Å². The molecule has 1 atom stereocenters. The molecule has 1 aromatic carbocycles. The number of nitrogens with zero attached hydrogens (tertiary/aromatic N) is 1. The molecule has 0 N–H and O–H groups in total. The third kappa shape index (κ3) is 2.75. The van der Waals surface area contributed by atoms with Crippen LogP contribution in [0.4, 0.5) is 13.2 Å². The molecule has 96 valence electrons. The molecule has 0 radical (unpaired) electrons. The quantitative estimate of drug-likeness (QED) is 0.768. The van der Waals surface area contributed by atoms with E-state index in [-0.39, 0.29) is 6.04 Å². The molecule has 2 rings (SSSR count). The lowest BCUT2D eigenvalue weighted by atomic mass is 10.0. The summed E-state index contributed by atoms with van der Waals surface area (Å²) in [6.07, 6.45) is -0.195.